The Balaban J connectivity index is 1.50. The number of fused-ring (bicyclic) bond motifs is 1. The van der Waals surface area contributed by atoms with E-state index >= 15 is 0 Å². The zero-order valence-corrected chi connectivity index (χ0v) is 17.4. The number of ether oxygens (including phenoxy) is 1. The first-order chi connectivity index (χ1) is 14.2. The smallest absolute Gasteiger partial charge is 0.258 e. The van der Waals surface area contributed by atoms with E-state index in [1.807, 2.05) is 31.2 Å². The van der Waals surface area contributed by atoms with Gasteiger partial charge in [0.05, 0.1) is 23.6 Å². The summed E-state index contributed by atoms with van der Waals surface area (Å²) in [5.74, 6) is 1.52. The summed E-state index contributed by atoms with van der Waals surface area (Å²) in [7, 11) is 0. The molecular weight excluding hydrogens is 364 g/mol. The van der Waals surface area contributed by atoms with Gasteiger partial charge in [0.2, 0.25) is 5.91 Å². The van der Waals surface area contributed by atoms with Crippen molar-refractivity contribution in [2.24, 2.45) is 5.92 Å². The number of nitrogens with one attached hydrogen (secondary N) is 1. The van der Waals surface area contributed by atoms with Crippen molar-refractivity contribution in [1.82, 2.24) is 15.3 Å². The summed E-state index contributed by atoms with van der Waals surface area (Å²) in [6.07, 6.45) is 9.19. The van der Waals surface area contributed by atoms with Gasteiger partial charge < -0.3 is 15.0 Å². The largest absolute Gasteiger partial charge is 0.475 e. The summed E-state index contributed by atoms with van der Waals surface area (Å²) in [5.41, 5.74) is 1.69. The maximum Gasteiger partial charge on any atom is 0.258 e. The number of piperidine rings is 1. The van der Waals surface area contributed by atoms with Gasteiger partial charge in [0, 0.05) is 19.1 Å². The van der Waals surface area contributed by atoms with Crippen molar-refractivity contribution in [3.05, 3.63) is 24.3 Å². The van der Waals surface area contributed by atoms with Gasteiger partial charge in [0.25, 0.3) is 5.88 Å². The molecule has 1 aliphatic carbocycles. The molecule has 1 saturated carbocycles. The van der Waals surface area contributed by atoms with Crippen LogP contribution in [0.4, 0.5) is 5.82 Å². The molecule has 0 bridgehead atoms. The van der Waals surface area contributed by atoms with E-state index in [2.05, 4.69) is 15.2 Å². The Morgan fingerprint density at radius 1 is 1.07 bits per heavy atom. The van der Waals surface area contributed by atoms with Crippen LogP contribution in [-0.4, -0.2) is 41.6 Å². The molecule has 0 radical (unpaired) electrons. The standard InChI is InChI=1S/C23H32N4O2/c1-2-29-23-21(25-19-13-7-8-14-20(19)26-23)27-15-9-10-17(16-27)22(28)24-18-11-5-3-4-6-12-18/h7-8,13-14,17-18H,2-6,9-12,15-16H2,1H3,(H,24,28)/t17-/m1/s1. The molecule has 1 N–H and O–H groups in total. The minimum absolute atomic E-state index is 0.00486. The second kappa shape index (κ2) is 9.42. The van der Waals surface area contributed by atoms with Crippen molar-refractivity contribution in [1.29, 1.82) is 0 Å². The SMILES string of the molecule is CCOc1nc2ccccc2nc1N1CCC[C@@H](C(=O)NC2CCCCCC2)C1. The van der Waals surface area contributed by atoms with Gasteiger partial charge in [-0.3, -0.25) is 4.79 Å². The van der Waals surface area contributed by atoms with Crippen LogP contribution in [0, 0.1) is 5.92 Å². The molecule has 0 unspecified atom stereocenters. The van der Waals surface area contributed by atoms with Crippen molar-refractivity contribution >= 4 is 22.8 Å². The van der Waals surface area contributed by atoms with Gasteiger partial charge in [-0.15, -0.1) is 0 Å². The zero-order valence-electron chi connectivity index (χ0n) is 17.4. The van der Waals surface area contributed by atoms with Gasteiger partial charge in [-0.25, -0.2) is 9.97 Å². The fourth-order valence-electron chi connectivity index (χ4n) is 4.54. The molecule has 6 nitrogen and oxygen atoms in total. The van der Waals surface area contributed by atoms with Crippen molar-refractivity contribution < 1.29 is 9.53 Å². The van der Waals surface area contributed by atoms with E-state index in [0.717, 1.165) is 49.1 Å². The number of benzene rings is 1. The number of para-hydroxylation sites is 2. The van der Waals surface area contributed by atoms with E-state index in [0.29, 0.717) is 25.1 Å². The lowest BCUT2D eigenvalue weighted by Gasteiger charge is -2.34. The first kappa shape index (κ1) is 19.9. The summed E-state index contributed by atoms with van der Waals surface area (Å²) in [6, 6.07) is 8.21. The van der Waals surface area contributed by atoms with Crippen LogP contribution >= 0.6 is 0 Å². The predicted molar refractivity (Wildman–Crippen MR) is 115 cm³/mol. The topological polar surface area (TPSA) is 67.4 Å². The molecule has 1 saturated heterocycles. The Bertz CT molecular complexity index is 833. The van der Waals surface area contributed by atoms with Crippen LogP contribution in [0.2, 0.25) is 0 Å². The molecule has 0 spiro atoms. The van der Waals surface area contributed by atoms with Gasteiger partial charge >= 0.3 is 0 Å². The first-order valence-electron chi connectivity index (χ1n) is 11.2. The van der Waals surface area contributed by atoms with Crippen LogP contribution < -0.4 is 15.0 Å². The Morgan fingerprint density at radius 2 is 1.79 bits per heavy atom. The number of carbonyl (C=O) groups excluding carboxylic acids is 1. The van der Waals surface area contributed by atoms with E-state index in [1.165, 1.54) is 25.7 Å². The highest BCUT2D eigenvalue weighted by molar-refractivity contribution is 5.81. The molecule has 2 heterocycles. The predicted octanol–water partition coefficient (Wildman–Crippen LogP) is 4.08. The molecular formula is C23H32N4O2. The third-order valence-corrected chi connectivity index (χ3v) is 6.10. The Labute approximate surface area is 173 Å². The number of nitrogens with zero attached hydrogens (tertiary/aromatic N) is 3. The zero-order chi connectivity index (χ0) is 20.1. The van der Waals surface area contributed by atoms with E-state index in [1.54, 1.807) is 0 Å². The second-order valence-electron chi connectivity index (χ2n) is 8.26. The number of carbonyl (C=O) groups is 1. The average Bonchev–Trinajstić information content (AvgIpc) is 3.02. The van der Waals surface area contributed by atoms with E-state index in [9.17, 15) is 4.79 Å². The van der Waals surface area contributed by atoms with Crippen LogP contribution in [0.5, 0.6) is 5.88 Å². The quantitative estimate of drug-likeness (QED) is 0.771. The van der Waals surface area contributed by atoms with E-state index in [-0.39, 0.29) is 11.8 Å². The summed E-state index contributed by atoms with van der Waals surface area (Å²) in [5, 5.41) is 3.34. The van der Waals surface area contributed by atoms with Crippen LogP contribution in [0.25, 0.3) is 11.0 Å². The highest BCUT2D eigenvalue weighted by atomic mass is 16.5. The lowest BCUT2D eigenvalue weighted by Crippen LogP contribution is -2.46. The highest BCUT2D eigenvalue weighted by Crippen LogP contribution is 2.31. The third-order valence-electron chi connectivity index (χ3n) is 6.10. The van der Waals surface area contributed by atoms with Crippen LogP contribution in [0.15, 0.2) is 24.3 Å². The van der Waals surface area contributed by atoms with Gasteiger partial charge in [-0.2, -0.15) is 0 Å². The fourth-order valence-corrected chi connectivity index (χ4v) is 4.54. The number of amides is 1. The molecule has 2 aromatic rings. The molecule has 1 atom stereocenters. The van der Waals surface area contributed by atoms with Crippen molar-refractivity contribution in [2.45, 2.75) is 64.3 Å². The lowest BCUT2D eigenvalue weighted by atomic mass is 9.96. The van der Waals surface area contributed by atoms with Crippen molar-refractivity contribution in [3.63, 3.8) is 0 Å². The monoisotopic (exact) mass is 396 g/mol. The summed E-state index contributed by atoms with van der Waals surface area (Å²) in [6.45, 7) is 4.05. The van der Waals surface area contributed by atoms with Crippen molar-refractivity contribution in [3.8, 4) is 5.88 Å². The number of hydrogen-bond acceptors (Lipinski definition) is 5. The molecule has 1 aliphatic heterocycles. The molecule has 156 valence electrons. The Morgan fingerprint density at radius 3 is 2.52 bits per heavy atom. The molecule has 2 fully saturated rings. The first-order valence-corrected chi connectivity index (χ1v) is 11.2. The third kappa shape index (κ3) is 4.80. The second-order valence-corrected chi connectivity index (χ2v) is 8.26. The van der Waals surface area contributed by atoms with Crippen LogP contribution in [0.1, 0.15) is 58.3 Å². The van der Waals surface area contributed by atoms with Gasteiger partial charge in [0.1, 0.15) is 0 Å². The van der Waals surface area contributed by atoms with E-state index in [4.69, 9.17) is 9.72 Å². The van der Waals surface area contributed by atoms with Gasteiger partial charge in [-0.05, 0) is 44.7 Å². The maximum absolute atomic E-state index is 13.0. The molecule has 1 amide bonds. The summed E-state index contributed by atoms with van der Waals surface area (Å²) in [4.78, 5) is 24.7. The van der Waals surface area contributed by atoms with Crippen molar-refractivity contribution in [2.75, 3.05) is 24.6 Å². The molecule has 29 heavy (non-hydrogen) atoms. The maximum atomic E-state index is 13.0. The average molecular weight is 397 g/mol. The van der Waals surface area contributed by atoms with Gasteiger partial charge in [-0.1, -0.05) is 37.8 Å². The highest BCUT2D eigenvalue weighted by Gasteiger charge is 2.30. The van der Waals surface area contributed by atoms with Crippen LogP contribution in [0.3, 0.4) is 0 Å². The number of rotatable bonds is 5. The molecule has 6 heteroatoms. The minimum atomic E-state index is -0.00486. The molecule has 2 aliphatic rings. The lowest BCUT2D eigenvalue weighted by molar-refractivity contribution is -0.126. The Hall–Kier alpha value is -2.37. The molecule has 1 aromatic heterocycles. The van der Waals surface area contributed by atoms with E-state index < -0.39 is 0 Å². The normalized spacial score (nSPS) is 21.0. The Kier molecular flexibility index (Phi) is 6.47. The number of hydrogen-bond donors (Lipinski definition) is 1. The summed E-state index contributed by atoms with van der Waals surface area (Å²) >= 11 is 0. The number of aromatic nitrogens is 2. The molecule has 1 aromatic carbocycles. The molecule has 4 rings (SSSR count). The van der Waals surface area contributed by atoms with Crippen LogP contribution in [-0.2, 0) is 4.79 Å². The minimum Gasteiger partial charge on any atom is -0.475 e. The summed E-state index contributed by atoms with van der Waals surface area (Å²) < 4.78 is 5.81. The van der Waals surface area contributed by atoms with Gasteiger partial charge in [0.15, 0.2) is 5.82 Å². The number of anilines is 1. The fraction of sp³-hybridized carbons (Fsp3) is 0.609.